The molecule has 112 valence electrons. The van der Waals surface area contributed by atoms with Gasteiger partial charge in [0, 0.05) is 19.0 Å². The van der Waals surface area contributed by atoms with Gasteiger partial charge < -0.3 is 20.6 Å². The van der Waals surface area contributed by atoms with Crippen LogP contribution >= 0.6 is 0 Å². The molecule has 0 aliphatic rings. The van der Waals surface area contributed by atoms with Gasteiger partial charge in [0.25, 0.3) is 0 Å². The Morgan fingerprint density at radius 2 is 1.89 bits per heavy atom. The molecule has 0 aromatic heterocycles. The van der Waals surface area contributed by atoms with Crippen LogP contribution in [0, 0.1) is 0 Å². The Bertz CT molecular complexity index is 268. The molecule has 6 heteroatoms. The van der Waals surface area contributed by atoms with Crippen molar-refractivity contribution in [2.75, 3.05) is 26.2 Å². The van der Waals surface area contributed by atoms with Crippen LogP contribution in [-0.4, -0.2) is 54.2 Å². The van der Waals surface area contributed by atoms with Crippen LogP contribution in [-0.2, 0) is 4.79 Å². The van der Waals surface area contributed by atoms with Crippen LogP contribution in [0.5, 0.6) is 0 Å². The van der Waals surface area contributed by atoms with Gasteiger partial charge in [0.1, 0.15) is 0 Å². The van der Waals surface area contributed by atoms with Gasteiger partial charge in [-0.25, -0.2) is 4.79 Å². The second kappa shape index (κ2) is 10.6. The highest BCUT2D eigenvalue weighted by Crippen LogP contribution is 1.96. The van der Waals surface area contributed by atoms with E-state index in [1.807, 2.05) is 0 Å². The fourth-order valence-electron chi connectivity index (χ4n) is 1.73. The van der Waals surface area contributed by atoms with Crippen molar-refractivity contribution in [3.8, 4) is 0 Å². The zero-order valence-electron chi connectivity index (χ0n) is 12.2. The zero-order chi connectivity index (χ0) is 14.7. The molecule has 19 heavy (non-hydrogen) atoms. The summed E-state index contributed by atoms with van der Waals surface area (Å²) >= 11 is 0. The number of rotatable bonds is 10. The third-order valence-corrected chi connectivity index (χ3v) is 3.00. The fraction of sp³-hybridized carbons (Fsp3) is 0.846. The molecule has 0 aliphatic carbocycles. The summed E-state index contributed by atoms with van der Waals surface area (Å²) < 4.78 is 0. The van der Waals surface area contributed by atoms with Crippen LogP contribution < -0.4 is 10.6 Å². The van der Waals surface area contributed by atoms with Crippen molar-refractivity contribution in [3.63, 3.8) is 0 Å². The Balaban J connectivity index is 3.61. The number of nitrogens with zero attached hydrogens (tertiary/aromatic N) is 1. The maximum absolute atomic E-state index is 11.5. The first kappa shape index (κ1) is 17.7. The first-order valence-electron chi connectivity index (χ1n) is 6.98. The summed E-state index contributed by atoms with van der Waals surface area (Å²) in [5.74, 6) is -0.840. The predicted octanol–water partition coefficient (Wildman–Crippen LogP) is 1.27. The largest absolute Gasteiger partial charge is 0.481 e. The Hall–Kier alpha value is -1.30. The van der Waals surface area contributed by atoms with Crippen LogP contribution in [0.2, 0.25) is 0 Å². The molecule has 0 spiro atoms. The van der Waals surface area contributed by atoms with Crippen LogP contribution in [0.1, 0.15) is 40.0 Å². The molecule has 6 nitrogen and oxygen atoms in total. The van der Waals surface area contributed by atoms with E-state index >= 15 is 0 Å². The highest BCUT2D eigenvalue weighted by atomic mass is 16.4. The number of hydrogen-bond acceptors (Lipinski definition) is 3. The summed E-state index contributed by atoms with van der Waals surface area (Å²) in [7, 11) is 0. The van der Waals surface area contributed by atoms with E-state index in [4.69, 9.17) is 5.11 Å². The van der Waals surface area contributed by atoms with Gasteiger partial charge in [0.2, 0.25) is 0 Å². The number of carboxylic acids is 1. The van der Waals surface area contributed by atoms with Crippen LogP contribution in [0.4, 0.5) is 4.79 Å². The quantitative estimate of drug-likeness (QED) is 0.524. The van der Waals surface area contributed by atoms with E-state index in [-0.39, 0.29) is 18.5 Å². The first-order valence-corrected chi connectivity index (χ1v) is 6.98. The summed E-state index contributed by atoms with van der Waals surface area (Å²) in [5, 5.41) is 14.0. The molecule has 1 unspecified atom stereocenters. The van der Waals surface area contributed by atoms with Crippen molar-refractivity contribution in [2.45, 2.75) is 46.1 Å². The van der Waals surface area contributed by atoms with Crippen molar-refractivity contribution in [3.05, 3.63) is 0 Å². The van der Waals surface area contributed by atoms with E-state index in [0.717, 1.165) is 26.1 Å². The second-order valence-electron chi connectivity index (χ2n) is 4.61. The lowest BCUT2D eigenvalue weighted by atomic mass is 10.2. The number of aliphatic carboxylic acids is 1. The molecule has 0 rings (SSSR count). The molecule has 0 aromatic rings. The number of carbonyl (C=O) groups is 2. The minimum atomic E-state index is -0.840. The highest BCUT2D eigenvalue weighted by molar-refractivity contribution is 5.74. The maximum Gasteiger partial charge on any atom is 0.314 e. The van der Waals surface area contributed by atoms with Crippen LogP contribution in [0.25, 0.3) is 0 Å². The summed E-state index contributed by atoms with van der Waals surface area (Å²) in [6.07, 6.45) is 1.43. The van der Waals surface area contributed by atoms with Gasteiger partial charge >= 0.3 is 12.0 Å². The molecule has 3 N–H and O–H groups in total. The topological polar surface area (TPSA) is 81.7 Å². The van der Waals surface area contributed by atoms with Gasteiger partial charge in [0.15, 0.2) is 0 Å². The molecule has 0 aliphatic heterocycles. The van der Waals surface area contributed by atoms with Crippen LogP contribution in [0.15, 0.2) is 0 Å². The average Bonchev–Trinajstić information content (AvgIpc) is 2.36. The Morgan fingerprint density at radius 3 is 2.42 bits per heavy atom. The van der Waals surface area contributed by atoms with E-state index in [0.29, 0.717) is 13.0 Å². The number of carboxylic acid groups (broad SMARTS) is 1. The smallest absolute Gasteiger partial charge is 0.314 e. The standard InChI is InChI=1S/C13H27N3O3/c1-4-16(5-2)10-6-9-14-13(19)15-11(3)7-8-12(17)18/h11H,4-10H2,1-3H3,(H,17,18)(H2,14,15,19). The highest BCUT2D eigenvalue weighted by Gasteiger charge is 2.08. The lowest BCUT2D eigenvalue weighted by Gasteiger charge is -2.18. The first-order chi connectivity index (χ1) is 8.99. The summed E-state index contributed by atoms with van der Waals surface area (Å²) in [4.78, 5) is 24.2. The molecule has 0 aromatic carbocycles. The van der Waals surface area contributed by atoms with Crippen molar-refractivity contribution >= 4 is 12.0 Å². The van der Waals surface area contributed by atoms with E-state index < -0.39 is 5.97 Å². The molecule has 0 fully saturated rings. The van der Waals surface area contributed by atoms with E-state index in [9.17, 15) is 9.59 Å². The van der Waals surface area contributed by atoms with Gasteiger partial charge in [-0.05, 0) is 39.4 Å². The molecular formula is C13H27N3O3. The average molecular weight is 273 g/mol. The SMILES string of the molecule is CCN(CC)CCCNC(=O)NC(C)CCC(=O)O. The molecule has 0 bridgehead atoms. The van der Waals surface area contributed by atoms with Crippen molar-refractivity contribution < 1.29 is 14.7 Å². The molecule has 2 amide bonds. The third-order valence-electron chi connectivity index (χ3n) is 3.00. The summed E-state index contributed by atoms with van der Waals surface area (Å²) in [5.41, 5.74) is 0. The Kier molecular flexibility index (Phi) is 9.88. The second-order valence-corrected chi connectivity index (χ2v) is 4.61. The lowest BCUT2D eigenvalue weighted by molar-refractivity contribution is -0.137. The minimum Gasteiger partial charge on any atom is -0.481 e. The van der Waals surface area contributed by atoms with Gasteiger partial charge in [-0.3, -0.25) is 4.79 Å². The Labute approximate surface area is 115 Å². The normalized spacial score (nSPS) is 12.2. The summed E-state index contributed by atoms with van der Waals surface area (Å²) in [6.45, 7) is 9.69. The van der Waals surface area contributed by atoms with Gasteiger partial charge in [-0.2, -0.15) is 0 Å². The fourth-order valence-corrected chi connectivity index (χ4v) is 1.73. The molecule has 0 radical (unpaired) electrons. The predicted molar refractivity (Wildman–Crippen MR) is 75.3 cm³/mol. The van der Waals surface area contributed by atoms with Gasteiger partial charge in [-0.15, -0.1) is 0 Å². The third kappa shape index (κ3) is 10.3. The van der Waals surface area contributed by atoms with Crippen molar-refractivity contribution in [1.29, 1.82) is 0 Å². The maximum atomic E-state index is 11.5. The molecule has 1 atom stereocenters. The number of nitrogens with one attached hydrogen (secondary N) is 2. The van der Waals surface area contributed by atoms with Gasteiger partial charge in [0.05, 0.1) is 0 Å². The van der Waals surface area contributed by atoms with Gasteiger partial charge in [-0.1, -0.05) is 13.8 Å². The summed E-state index contributed by atoms with van der Waals surface area (Å²) in [6, 6.07) is -0.351. The molecule has 0 saturated heterocycles. The van der Waals surface area contributed by atoms with E-state index in [1.54, 1.807) is 6.92 Å². The van der Waals surface area contributed by atoms with E-state index in [1.165, 1.54) is 0 Å². The number of carbonyl (C=O) groups excluding carboxylic acids is 1. The molecule has 0 saturated carbocycles. The lowest BCUT2D eigenvalue weighted by Crippen LogP contribution is -2.41. The minimum absolute atomic E-state index is 0.0728. The zero-order valence-corrected chi connectivity index (χ0v) is 12.2. The molecule has 0 heterocycles. The van der Waals surface area contributed by atoms with Crippen molar-refractivity contribution in [2.24, 2.45) is 0 Å². The number of urea groups is 1. The number of hydrogen-bond donors (Lipinski definition) is 3. The van der Waals surface area contributed by atoms with Crippen molar-refractivity contribution in [1.82, 2.24) is 15.5 Å². The van der Waals surface area contributed by atoms with Crippen LogP contribution in [0.3, 0.4) is 0 Å². The Morgan fingerprint density at radius 1 is 1.26 bits per heavy atom. The van der Waals surface area contributed by atoms with E-state index in [2.05, 4.69) is 29.4 Å². The molecular weight excluding hydrogens is 246 g/mol. The monoisotopic (exact) mass is 273 g/mol. The number of amides is 2.